The average Bonchev–Trinajstić information content (AvgIpc) is 3.07. The van der Waals surface area contributed by atoms with E-state index in [1.165, 1.54) is 0 Å². The summed E-state index contributed by atoms with van der Waals surface area (Å²) in [4.78, 5) is 23.3. The first-order valence-electron chi connectivity index (χ1n) is 8.79. The fraction of sp³-hybridized carbons (Fsp3) is 0.875. The molecule has 6 N–H and O–H groups in total. The number of thioether (sulfide) groups is 1. The molecule has 0 aromatic carbocycles. The van der Waals surface area contributed by atoms with Gasteiger partial charge in [0, 0.05) is 17.4 Å². The molecule has 0 bridgehead atoms. The summed E-state index contributed by atoms with van der Waals surface area (Å²) in [6.07, 6.45) is 7.36. The van der Waals surface area contributed by atoms with Crippen molar-refractivity contribution in [3.05, 3.63) is 0 Å². The molecule has 2 fully saturated rings. The molecule has 6 nitrogen and oxygen atoms in total. The van der Waals surface area contributed by atoms with E-state index in [4.69, 9.17) is 11.5 Å². The van der Waals surface area contributed by atoms with Gasteiger partial charge in [0.25, 0.3) is 0 Å². The number of Topliss-reactive ketones (excluding diaryl/α,β-unsaturated/α-hetero) is 1. The van der Waals surface area contributed by atoms with E-state index in [0.29, 0.717) is 18.2 Å². The molecule has 0 saturated carbocycles. The van der Waals surface area contributed by atoms with Crippen LogP contribution in [0.2, 0.25) is 0 Å². The average molecular weight is 379 g/mol. The summed E-state index contributed by atoms with van der Waals surface area (Å²) in [5.41, 5.74) is 11.4. The van der Waals surface area contributed by atoms with E-state index < -0.39 is 0 Å². The molecule has 2 rings (SSSR count). The molecule has 2 saturated heterocycles. The molecule has 1 unspecified atom stereocenters. The zero-order valence-electron chi connectivity index (χ0n) is 14.2. The van der Waals surface area contributed by atoms with Crippen molar-refractivity contribution >= 4 is 36.0 Å². The molecule has 2 heterocycles. The summed E-state index contributed by atoms with van der Waals surface area (Å²) in [5, 5.41) is 6.42. The van der Waals surface area contributed by atoms with Crippen LogP contribution in [0.15, 0.2) is 0 Å². The molecule has 2 amide bonds. The molecule has 8 heteroatoms. The van der Waals surface area contributed by atoms with E-state index in [-0.39, 0.29) is 42.3 Å². The third-order valence-corrected chi connectivity index (χ3v) is 6.24. The monoisotopic (exact) mass is 378 g/mol. The number of nitrogens with two attached hydrogens (primary N) is 2. The standard InChI is InChI=1S/C16H30N4O2S.ClH/c17-9-5-1-2-6-11(18)13(21)7-3-4-8-14-15-12(10-23-14)19-16(22)20-15;/h11-12,14-15H,1-10,17-18H2,(H2,19,20,22);1H/t11?,12-,14-,15-;/m0./s1. The van der Waals surface area contributed by atoms with Gasteiger partial charge >= 0.3 is 6.03 Å². The predicted octanol–water partition coefficient (Wildman–Crippen LogP) is 1.55. The van der Waals surface area contributed by atoms with Crippen LogP contribution in [0.5, 0.6) is 0 Å². The van der Waals surface area contributed by atoms with Gasteiger partial charge in [-0.3, -0.25) is 4.79 Å². The molecule has 2 aliphatic rings. The Labute approximate surface area is 155 Å². The lowest BCUT2D eigenvalue weighted by Crippen LogP contribution is -2.36. The van der Waals surface area contributed by atoms with Gasteiger partial charge in [-0.15, -0.1) is 12.4 Å². The summed E-state index contributed by atoms with van der Waals surface area (Å²) >= 11 is 1.92. The first kappa shape index (κ1) is 21.5. The minimum atomic E-state index is -0.309. The van der Waals surface area contributed by atoms with Gasteiger partial charge < -0.3 is 22.1 Å². The summed E-state index contributed by atoms with van der Waals surface area (Å²) in [5.74, 6) is 1.17. The predicted molar refractivity (Wildman–Crippen MR) is 102 cm³/mol. The number of carbonyl (C=O) groups excluding carboxylic acids is 2. The second-order valence-electron chi connectivity index (χ2n) is 6.58. The van der Waals surface area contributed by atoms with Crippen molar-refractivity contribution in [1.82, 2.24) is 10.6 Å². The van der Waals surface area contributed by atoms with Gasteiger partial charge in [0.05, 0.1) is 18.1 Å². The molecule has 0 aromatic rings. The van der Waals surface area contributed by atoms with Crippen LogP contribution < -0.4 is 22.1 Å². The van der Waals surface area contributed by atoms with Crippen LogP contribution in [0.4, 0.5) is 4.79 Å². The van der Waals surface area contributed by atoms with Crippen LogP contribution in [-0.2, 0) is 4.79 Å². The lowest BCUT2D eigenvalue weighted by molar-refractivity contribution is -0.120. The Kier molecular flexibility index (Phi) is 10.0. The minimum absolute atomic E-state index is 0. The highest BCUT2D eigenvalue weighted by Gasteiger charge is 2.42. The number of nitrogens with one attached hydrogen (secondary N) is 2. The Morgan fingerprint density at radius 2 is 2.00 bits per heavy atom. The second-order valence-corrected chi connectivity index (χ2v) is 7.85. The molecular weight excluding hydrogens is 348 g/mol. The molecule has 0 spiro atoms. The molecule has 4 atom stereocenters. The number of rotatable bonds is 11. The number of urea groups is 1. The van der Waals surface area contributed by atoms with Crippen molar-refractivity contribution < 1.29 is 9.59 Å². The summed E-state index contributed by atoms with van der Waals surface area (Å²) in [6, 6.07) is 0.187. The minimum Gasteiger partial charge on any atom is -0.332 e. The Morgan fingerprint density at radius 1 is 1.21 bits per heavy atom. The number of unbranched alkanes of at least 4 members (excludes halogenated alkanes) is 3. The fourth-order valence-corrected chi connectivity index (χ4v) is 4.86. The van der Waals surface area contributed by atoms with E-state index >= 15 is 0 Å². The smallest absolute Gasteiger partial charge is 0.315 e. The maximum absolute atomic E-state index is 12.0. The van der Waals surface area contributed by atoms with Gasteiger partial charge in [0.15, 0.2) is 0 Å². The maximum atomic E-state index is 12.0. The molecule has 0 aliphatic carbocycles. The van der Waals surface area contributed by atoms with Crippen molar-refractivity contribution in [3.8, 4) is 0 Å². The number of hydrogen-bond acceptors (Lipinski definition) is 5. The van der Waals surface area contributed by atoms with Gasteiger partial charge in [-0.05, 0) is 32.2 Å². The van der Waals surface area contributed by atoms with Gasteiger partial charge in [-0.1, -0.05) is 19.3 Å². The first-order valence-corrected chi connectivity index (χ1v) is 9.83. The van der Waals surface area contributed by atoms with Crippen molar-refractivity contribution in [2.45, 2.75) is 74.7 Å². The van der Waals surface area contributed by atoms with Crippen molar-refractivity contribution in [1.29, 1.82) is 0 Å². The van der Waals surface area contributed by atoms with Crippen molar-refractivity contribution in [3.63, 3.8) is 0 Å². The van der Waals surface area contributed by atoms with E-state index in [0.717, 1.165) is 50.7 Å². The quantitative estimate of drug-likeness (QED) is 0.322. The summed E-state index contributed by atoms with van der Waals surface area (Å²) in [7, 11) is 0. The Balaban J connectivity index is 0.00000288. The number of ketones is 1. The van der Waals surface area contributed by atoms with E-state index in [9.17, 15) is 9.59 Å². The number of fused-ring (bicyclic) bond motifs is 1. The number of carbonyl (C=O) groups is 2. The number of halogens is 1. The molecule has 0 radical (unpaired) electrons. The van der Waals surface area contributed by atoms with Gasteiger partial charge in [0.1, 0.15) is 5.78 Å². The SMILES string of the molecule is Cl.NCCCCCC(N)C(=O)CCCC[C@@H]1SC[C@@H]2NC(=O)N[C@@H]21. The van der Waals surface area contributed by atoms with Gasteiger partial charge in [0.2, 0.25) is 0 Å². The largest absolute Gasteiger partial charge is 0.332 e. The highest BCUT2D eigenvalue weighted by Crippen LogP contribution is 2.33. The van der Waals surface area contributed by atoms with E-state index in [1.807, 2.05) is 11.8 Å². The summed E-state index contributed by atoms with van der Waals surface area (Å²) in [6.45, 7) is 0.709. The van der Waals surface area contributed by atoms with E-state index in [2.05, 4.69) is 10.6 Å². The van der Waals surface area contributed by atoms with Crippen LogP contribution in [0, 0.1) is 0 Å². The van der Waals surface area contributed by atoms with Crippen molar-refractivity contribution in [2.24, 2.45) is 11.5 Å². The third kappa shape index (κ3) is 6.43. The lowest BCUT2D eigenvalue weighted by atomic mass is 9.99. The summed E-state index contributed by atoms with van der Waals surface area (Å²) < 4.78 is 0. The maximum Gasteiger partial charge on any atom is 0.315 e. The second kappa shape index (κ2) is 11.2. The van der Waals surface area contributed by atoms with E-state index in [1.54, 1.807) is 0 Å². The fourth-order valence-electron chi connectivity index (χ4n) is 3.32. The molecular formula is C16H31ClN4O2S. The van der Waals surface area contributed by atoms with Crippen LogP contribution in [0.3, 0.4) is 0 Å². The lowest BCUT2D eigenvalue weighted by Gasteiger charge is -2.16. The van der Waals surface area contributed by atoms with Crippen LogP contribution >= 0.6 is 24.2 Å². The van der Waals surface area contributed by atoms with Gasteiger partial charge in [-0.25, -0.2) is 4.79 Å². The number of amides is 2. The Bertz CT molecular complexity index is 414. The van der Waals surface area contributed by atoms with Crippen LogP contribution in [0.1, 0.15) is 51.4 Å². The number of hydrogen-bond donors (Lipinski definition) is 4. The topological polar surface area (TPSA) is 110 Å². The molecule has 24 heavy (non-hydrogen) atoms. The molecule has 0 aromatic heterocycles. The Hall–Kier alpha value is -0.500. The van der Waals surface area contributed by atoms with Crippen molar-refractivity contribution in [2.75, 3.05) is 12.3 Å². The molecule has 2 aliphatic heterocycles. The highest BCUT2D eigenvalue weighted by molar-refractivity contribution is 8.00. The first-order chi connectivity index (χ1) is 11.1. The molecule has 140 valence electrons. The Morgan fingerprint density at radius 3 is 2.75 bits per heavy atom. The normalized spacial score (nSPS) is 26.2. The van der Waals surface area contributed by atoms with Crippen LogP contribution in [0.25, 0.3) is 0 Å². The zero-order chi connectivity index (χ0) is 16.7. The van der Waals surface area contributed by atoms with Gasteiger partial charge in [-0.2, -0.15) is 11.8 Å². The van der Waals surface area contributed by atoms with Crippen LogP contribution in [-0.4, -0.2) is 47.5 Å². The zero-order valence-corrected chi connectivity index (χ0v) is 15.8. The third-order valence-electron chi connectivity index (χ3n) is 4.73. The highest BCUT2D eigenvalue weighted by atomic mass is 35.5.